The molecule has 0 aromatic carbocycles. The number of nitrogens with zero attached hydrogens (tertiary/aromatic N) is 3. The smallest absolute Gasteiger partial charge is 0.166 e. The van der Waals surface area contributed by atoms with Gasteiger partial charge in [0, 0.05) is 0 Å². The summed E-state index contributed by atoms with van der Waals surface area (Å²) in [5.74, 6) is 0.424. The van der Waals surface area contributed by atoms with Crippen molar-refractivity contribution < 1.29 is 4.74 Å². The number of anilines is 1. The molecule has 0 aliphatic heterocycles. The lowest BCUT2D eigenvalue weighted by molar-refractivity contribution is -0.00339. The highest BCUT2D eigenvalue weighted by molar-refractivity contribution is 5.19. The second kappa shape index (κ2) is 4.81. The Morgan fingerprint density at radius 2 is 2.23 bits per heavy atom. The molecule has 0 spiro atoms. The van der Waals surface area contributed by atoms with Crippen molar-refractivity contribution in [3.8, 4) is 0 Å². The Morgan fingerprint density at radius 3 is 2.69 bits per heavy atom. The number of hydrogen-bond donors (Lipinski definition) is 1. The molecule has 5 nitrogen and oxygen atoms in total. The van der Waals surface area contributed by atoms with Gasteiger partial charge in [-0.25, -0.2) is 4.68 Å². The molecule has 0 aliphatic rings. The summed E-state index contributed by atoms with van der Waals surface area (Å²) in [6, 6.07) is 0. The summed E-state index contributed by atoms with van der Waals surface area (Å²) in [5, 5.41) is 7.43. The van der Waals surface area contributed by atoms with E-state index in [9.17, 15) is 0 Å². The van der Waals surface area contributed by atoms with Gasteiger partial charge in [-0.1, -0.05) is 19.1 Å². The Hall–Kier alpha value is -1.10. The Balaban J connectivity index is 2.33. The second-order valence-corrected chi connectivity index (χ2v) is 2.92. The fraction of sp³-hybridized carbons (Fsp3) is 0.750. The minimum atomic E-state index is 0.297. The van der Waals surface area contributed by atoms with Crippen molar-refractivity contribution in [3.63, 3.8) is 0 Å². The molecule has 0 bridgehead atoms. The van der Waals surface area contributed by atoms with Crippen LogP contribution in [0.5, 0.6) is 0 Å². The number of rotatable bonds is 5. The number of nitrogen functional groups attached to an aromatic ring is 1. The quantitative estimate of drug-likeness (QED) is 0.742. The molecule has 0 amide bonds. The van der Waals surface area contributed by atoms with E-state index in [1.165, 1.54) is 0 Å². The van der Waals surface area contributed by atoms with Crippen molar-refractivity contribution in [1.82, 2.24) is 15.0 Å². The van der Waals surface area contributed by atoms with E-state index >= 15 is 0 Å². The molecule has 0 saturated carbocycles. The molecule has 1 rings (SSSR count). The average Bonchev–Trinajstić information content (AvgIpc) is 2.53. The number of aromatic nitrogens is 3. The summed E-state index contributed by atoms with van der Waals surface area (Å²) in [7, 11) is 0. The van der Waals surface area contributed by atoms with Gasteiger partial charge in [-0.2, -0.15) is 0 Å². The molecular formula is C8H16N4O. The molecule has 1 aromatic heterocycles. The highest BCUT2D eigenvalue weighted by Gasteiger charge is 2.03. The fourth-order valence-electron chi connectivity index (χ4n) is 1.08. The summed E-state index contributed by atoms with van der Waals surface area (Å²) in [4.78, 5) is 0. The SMILES string of the molecule is CCC(CC)OCn1cc(N)nn1. The van der Waals surface area contributed by atoms with E-state index in [0.717, 1.165) is 12.8 Å². The molecule has 74 valence electrons. The zero-order valence-electron chi connectivity index (χ0n) is 8.10. The van der Waals surface area contributed by atoms with Gasteiger partial charge in [0.15, 0.2) is 5.82 Å². The minimum absolute atomic E-state index is 0.297. The van der Waals surface area contributed by atoms with Gasteiger partial charge in [-0.3, -0.25) is 0 Å². The van der Waals surface area contributed by atoms with E-state index < -0.39 is 0 Å². The molecular weight excluding hydrogens is 168 g/mol. The normalized spacial score (nSPS) is 11.0. The molecule has 5 heteroatoms. The van der Waals surface area contributed by atoms with Crippen LogP contribution in [0.25, 0.3) is 0 Å². The van der Waals surface area contributed by atoms with Crippen molar-refractivity contribution in [2.75, 3.05) is 5.73 Å². The molecule has 0 atom stereocenters. The van der Waals surface area contributed by atoms with Gasteiger partial charge in [0.1, 0.15) is 6.73 Å². The Labute approximate surface area is 77.9 Å². The maximum absolute atomic E-state index is 5.54. The second-order valence-electron chi connectivity index (χ2n) is 2.92. The highest BCUT2D eigenvalue weighted by atomic mass is 16.5. The van der Waals surface area contributed by atoms with Crippen molar-refractivity contribution >= 4 is 5.82 Å². The minimum Gasteiger partial charge on any atom is -0.381 e. The maximum Gasteiger partial charge on any atom is 0.166 e. The fourth-order valence-corrected chi connectivity index (χ4v) is 1.08. The standard InChI is InChI=1S/C8H16N4O/c1-3-7(4-2)13-6-12-5-8(9)10-11-12/h5,7H,3-4,6,9H2,1-2H3. The van der Waals surface area contributed by atoms with Gasteiger partial charge < -0.3 is 10.5 Å². The van der Waals surface area contributed by atoms with Gasteiger partial charge >= 0.3 is 0 Å². The predicted molar refractivity (Wildman–Crippen MR) is 49.9 cm³/mol. The third-order valence-corrected chi connectivity index (χ3v) is 1.91. The summed E-state index contributed by atoms with van der Waals surface area (Å²) < 4.78 is 7.14. The lowest BCUT2D eigenvalue weighted by Crippen LogP contribution is -2.13. The van der Waals surface area contributed by atoms with Gasteiger partial charge in [-0.05, 0) is 12.8 Å². The van der Waals surface area contributed by atoms with Gasteiger partial charge in [0.2, 0.25) is 0 Å². The Bertz CT molecular complexity index is 244. The van der Waals surface area contributed by atoms with Crippen LogP contribution in [-0.2, 0) is 11.5 Å². The average molecular weight is 184 g/mol. The predicted octanol–water partition coefficient (Wildman–Crippen LogP) is 1.02. The number of ether oxygens (including phenoxy) is 1. The molecule has 0 aliphatic carbocycles. The van der Waals surface area contributed by atoms with E-state index in [4.69, 9.17) is 10.5 Å². The van der Waals surface area contributed by atoms with Crippen LogP contribution >= 0.6 is 0 Å². The maximum atomic E-state index is 5.54. The van der Waals surface area contributed by atoms with Crippen LogP contribution in [0, 0.1) is 0 Å². The summed E-state index contributed by atoms with van der Waals surface area (Å²) >= 11 is 0. The number of nitrogens with two attached hydrogens (primary N) is 1. The lowest BCUT2D eigenvalue weighted by atomic mass is 10.2. The molecule has 2 N–H and O–H groups in total. The first-order valence-electron chi connectivity index (χ1n) is 4.53. The first-order chi connectivity index (χ1) is 6.26. The molecule has 0 unspecified atom stereocenters. The van der Waals surface area contributed by atoms with Crippen LogP contribution in [0.2, 0.25) is 0 Å². The van der Waals surface area contributed by atoms with E-state index in [1.807, 2.05) is 0 Å². The van der Waals surface area contributed by atoms with Crippen LogP contribution in [0.1, 0.15) is 26.7 Å². The van der Waals surface area contributed by atoms with E-state index in [0.29, 0.717) is 18.7 Å². The monoisotopic (exact) mass is 184 g/mol. The summed E-state index contributed by atoms with van der Waals surface area (Å²) in [6.45, 7) is 4.63. The Kier molecular flexibility index (Phi) is 3.70. The molecule has 0 fully saturated rings. The van der Waals surface area contributed by atoms with Crippen molar-refractivity contribution in [2.24, 2.45) is 0 Å². The Morgan fingerprint density at radius 1 is 1.54 bits per heavy atom. The third kappa shape index (κ3) is 3.02. The lowest BCUT2D eigenvalue weighted by Gasteiger charge is -2.12. The summed E-state index contributed by atoms with van der Waals surface area (Å²) in [6.07, 6.45) is 3.98. The topological polar surface area (TPSA) is 66.0 Å². The largest absolute Gasteiger partial charge is 0.381 e. The zero-order valence-corrected chi connectivity index (χ0v) is 8.10. The van der Waals surface area contributed by atoms with Crippen molar-refractivity contribution in [2.45, 2.75) is 39.5 Å². The zero-order chi connectivity index (χ0) is 9.68. The van der Waals surface area contributed by atoms with Crippen LogP contribution in [0.3, 0.4) is 0 Å². The highest BCUT2D eigenvalue weighted by Crippen LogP contribution is 2.04. The van der Waals surface area contributed by atoms with E-state index in [2.05, 4.69) is 24.2 Å². The van der Waals surface area contributed by atoms with Crippen molar-refractivity contribution in [3.05, 3.63) is 6.20 Å². The molecule has 1 heterocycles. The van der Waals surface area contributed by atoms with Crippen LogP contribution in [0.4, 0.5) is 5.82 Å². The van der Waals surface area contributed by atoms with Gasteiger partial charge in [-0.15, -0.1) is 5.10 Å². The van der Waals surface area contributed by atoms with Crippen LogP contribution in [0.15, 0.2) is 6.20 Å². The van der Waals surface area contributed by atoms with E-state index in [1.54, 1.807) is 10.9 Å². The summed E-state index contributed by atoms with van der Waals surface area (Å²) in [5.41, 5.74) is 5.40. The van der Waals surface area contributed by atoms with E-state index in [-0.39, 0.29) is 0 Å². The third-order valence-electron chi connectivity index (χ3n) is 1.91. The molecule has 0 radical (unpaired) electrons. The molecule has 1 aromatic rings. The molecule has 13 heavy (non-hydrogen) atoms. The molecule has 0 saturated heterocycles. The van der Waals surface area contributed by atoms with Crippen molar-refractivity contribution in [1.29, 1.82) is 0 Å². The first-order valence-corrected chi connectivity index (χ1v) is 4.53. The number of hydrogen-bond acceptors (Lipinski definition) is 4. The van der Waals surface area contributed by atoms with Crippen LogP contribution < -0.4 is 5.73 Å². The van der Waals surface area contributed by atoms with Gasteiger partial charge in [0.25, 0.3) is 0 Å². The van der Waals surface area contributed by atoms with Crippen LogP contribution in [-0.4, -0.2) is 21.1 Å². The first kappa shape index (κ1) is 9.98. The van der Waals surface area contributed by atoms with Gasteiger partial charge in [0.05, 0.1) is 12.3 Å².